The Labute approximate surface area is 354 Å². The largest absolute Gasteiger partial charge is 0.472 e. The standard InChI is InChI=1S/C48H82NO8P/c1-6-8-10-12-14-16-18-20-22-23-24-25-27-28-30-32-34-36-38-40-47(50)54-44-46(45-56-58(52,53)55-43-42-49(3,4)5)57-48(51)41-39-37-35-33-31-29-26-21-19-17-15-13-11-9-7-2/h8,10,14-17,20-22,24-26,28,30,46H,6-7,9,11-13,18-19,23,27,29,31-45H2,1-5H3/p+1/b10-8-,16-14-,17-15-,22-20-,25-24-,26-21-,30-28-/t46-/m1/s1. The van der Waals surface area contributed by atoms with Crippen molar-refractivity contribution in [2.75, 3.05) is 47.5 Å². The van der Waals surface area contributed by atoms with Crippen molar-refractivity contribution < 1.29 is 42.1 Å². The average Bonchev–Trinajstić information content (AvgIpc) is 3.17. The monoisotopic (exact) mass is 833 g/mol. The molecule has 10 heteroatoms. The van der Waals surface area contributed by atoms with E-state index in [1.165, 1.54) is 25.7 Å². The van der Waals surface area contributed by atoms with Crippen LogP contribution in [0.1, 0.15) is 155 Å². The van der Waals surface area contributed by atoms with Crippen LogP contribution >= 0.6 is 7.82 Å². The molecule has 0 aliphatic rings. The molecular weight excluding hydrogens is 750 g/mol. The van der Waals surface area contributed by atoms with Crippen molar-refractivity contribution >= 4 is 19.8 Å². The van der Waals surface area contributed by atoms with E-state index in [1.807, 2.05) is 21.1 Å². The summed E-state index contributed by atoms with van der Waals surface area (Å²) in [6.07, 6.45) is 50.6. The van der Waals surface area contributed by atoms with E-state index >= 15 is 0 Å². The van der Waals surface area contributed by atoms with E-state index in [4.69, 9.17) is 18.5 Å². The number of hydrogen-bond acceptors (Lipinski definition) is 7. The number of allylic oxidation sites excluding steroid dienone is 14. The van der Waals surface area contributed by atoms with Crippen molar-refractivity contribution in [3.63, 3.8) is 0 Å². The summed E-state index contributed by atoms with van der Waals surface area (Å²) in [5.41, 5.74) is 0. The molecule has 0 aromatic carbocycles. The van der Waals surface area contributed by atoms with E-state index in [-0.39, 0.29) is 26.1 Å². The Balaban J connectivity index is 4.45. The third-order valence-electron chi connectivity index (χ3n) is 8.91. The van der Waals surface area contributed by atoms with Gasteiger partial charge in [-0.1, -0.05) is 137 Å². The summed E-state index contributed by atoms with van der Waals surface area (Å²) in [7, 11) is 1.43. The molecule has 0 aliphatic heterocycles. The zero-order chi connectivity index (χ0) is 42.8. The van der Waals surface area contributed by atoms with E-state index in [9.17, 15) is 19.0 Å². The van der Waals surface area contributed by atoms with Gasteiger partial charge in [-0.3, -0.25) is 18.6 Å². The Morgan fingerprint density at radius 3 is 1.48 bits per heavy atom. The first kappa shape index (κ1) is 55.2. The molecule has 0 heterocycles. The van der Waals surface area contributed by atoms with Crippen molar-refractivity contribution in [3.05, 3.63) is 85.1 Å². The molecule has 9 nitrogen and oxygen atoms in total. The zero-order valence-electron chi connectivity index (χ0n) is 37.2. The molecule has 0 aromatic rings. The molecule has 1 unspecified atom stereocenters. The van der Waals surface area contributed by atoms with Gasteiger partial charge in [0.1, 0.15) is 19.8 Å². The Hall–Kier alpha value is -2.81. The molecule has 0 aliphatic carbocycles. The van der Waals surface area contributed by atoms with Crippen LogP contribution in [0, 0.1) is 0 Å². The number of phosphoric ester groups is 1. The number of carbonyl (C=O) groups is 2. The molecular formula is C48H83NO8P+. The normalized spacial score (nSPS) is 14.4. The second-order valence-corrected chi connectivity index (χ2v) is 17.1. The van der Waals surface area contributed by atoms with Crippen LogP contribution in [0.15, 0.2) is 85.1 Å². The van der Waals surface area contributed by atoms with Gasteiger partial charge in [-0.15, -0.1) is 0 Å². The summed E-state index contributed by atoms with van der Waals surface area (Å²) in [5, 5.41) is 0. The lowest BCUT2D eigenvalue weighted by molar-refractivity contribution is -0.870. The van der Waals surface area contributed by atoms with Crippen molar-refractivity contribution in [2.45, 2.75) is 161 Å². The number of esters is 2. The SMILES string of the molecule is CC/C=C\C/C=C\C/C=C\C/C=C\C/C=C\CCCCCC(=O)OC[C@H](COP(=O)(O)OCC[N+](C)(C)C)OC(=O)CCCCCCC/C=C\C/C=C\CCCCC. The lowest BCUT2D eigenvalue weighted by Gasteiger charge is -2.24. The topological polar surface area (TPSA) is 108 Å². The van der Waals surface area contributed by atoms with Gasteiger partial charge in [0, 0.05) is 12.8 Å². The number of carbonyl (C=O) groups excluding carboxylic acids is 2. The van der Waals surface area contributed by atoms with E-state index in [1.54, 1.807) is 0 Å². The summed E-state index contributed by atoms with van der Waals surface area (Å²) in [6.45, 7) is 4.20. The number of rotatable bonds is 39. The Kier molecular flexibility index (Phi) is 37.7. The summed E-state index contributed by atoms with van der Waals surface area (Å²) in [4.78, 5) is 35.4. The molecule has 0 amide bonds. The molecule has 2 atom stereocenters. The van der Waals surface area contributed by atoms with Crippen LogP contribution in [-0.2, 0) is 32.7 Å². The van der Waals surface area contributed by atoms with Gasteiger partial charge < -0.3 is 18.9 Å². The summed E-state index contributed by atoms with van der Waals surface area (Å²) in [5.74, 6) is -0.861. The lowest BCUT2D eigenvalue weighted by Crippen LogP contribution is -2.37. The second-order valence-electron chi connectivity index (χ2n) is 15.7. The molecule has 0 saturated heterocycles. The van der Waals surface area contributed by atoms with Crippen molar-refractivity contribution in [2.24, 2.45) is 0 Å². The minimum absolute atomic E-state index is 0.0185. The predicted octanol–water partition coefficient (Wildman–Crippen LogP) is 12.8. The fourth-order valence-electron chi connectivity index (χ4n) is 5.42. The molecule has 58 heavy (non-hydrogen) atoms. The molecule has 0 fully saturated rings. The van der Waals surface area contributed by atoms with Gasteiger partial charge in [-0.05, 0) is 89.9 Å². The van der Waals surface area contributed by atoms with Gasteiger partial charge in [0.15, 0.2) is 6.10 Å². The quantitative estimate of drug-likeness (QED) is 0.0214. The van der Waals surface area contributed by atoms with Gasteiger partial charge in [0.05, 0.1) is 27.7 Å². The molecule has 0 rings (SSSR count). The van der Waals surface area contributed by atoms with Crippen LogP contribution in [0.25, 0.3) is 0 Å². The highest BCUT2D eigenvalue weighted by molar-refractivity contribution is 7.47. The lowest BCUT2D eigenvalue weighted by atomic mass is 10.1. The van der Waals surface area contributed by atoms with Gasteiger partial charge in [0.25, 0.3) is 0 Å². The molecule has 1 N–H and O–H groups in total. The van der Waals surface area contributed by atoms with Crippen LogP contribution < -0.4 is 0 Å². The Morgan fingerprint density at radius 1 is 0.552 bits per heavy atom. The van der Waals surface area contributed by atoms with Crippen LogP contribution in [0.5, 0.6) is 0 Å². The minimum Gasteiger partial charge on any atom is -0.462 e. The number of nitrogens with zero attached hydrogens (tertiary/aromatic N) is 1. The molecule has 0 saturated carbocycles. The highest BCUT2D eigenvalue weighted by Gasteiger charge is 2.27. The third-order valence-corrected chi connectivity index (χ3v) is 9.89. The number of phosphoric acid groups is 1. The maximum Gasteiger partial charge on any atom is 0.472 e. The third kappa shape index (κ3) is 42.8. The summed E-state index contributed by atoms with van der Waals surface area (Å²) < 4.78 is 34.3. The van der Waals surface area contributed by atoms with Crippen molar-refractivity contribution in [1.29, 1.82) is 0 Å². The van der Waals surface area contributed by atoms with Crippen LogP contribution in [0.4, 0.5) is 0 Å². The number of hydrogen-bond donors (Lipinski definition) is 1. The first-order valence-corrected chi connectivity index (χ1v) is 23.8. The second kappa shape index (κ2) is 39.6. The van der Waals surface area contributed by atoms with Gasteiger partial charge in [-0.2, -0.15) is 0 Å². The number of unbranched alkanes of at least 4 members (excludes halogenated alkanes) is 11. The van der Waals surface area contributed by atoms with Crippen LogP contribution in [0.2, 0.25) is 0 Å². The molecule has 0 radical (unpaired) electrons. The molecule has 0 bridgehead atoms. The molecule has 0 spiro atoms. The fourth-order valence-corrected chi connectivity index (χ4v) is 6.16. The van der Waals surface area contributed by atoms with E-state index < -0.39 is 32.5 Å². The van der Waals surface area contributed by atoms with Crippen LogP contribution in [-0.4, -0.2) is 74.9 Å². The van der Waals surface area contributed by atoms with Gasteiger partial charge >= 0.3 is 19.8 Å². The maximum absolute atomic E-state index is 12.7. The molecule has 0 aromatic heterocycles. The maximum atomic E-state index is 12.7. The van der Waals surface area contributed by atoms with Crippen molar-refractivity contribution in [3.8, 4) is 0 Å². The number of ether oxygens (including phenoxy) is 2. The smallest absolute Gasteiger partial charge is 0.462 e. The highest BCUT2D eigenvalue weighted by atomic mass is 31.2. The summed E-state index contributed by atoms with van der Waals surface area (Å²) in [6, 6.07) is 0. The van der Waals surface area contributed by atoms with Gasteiger partial charge in [-0.25, -0.2) is 4.57 Å². The van der Waals surface area contributed by atoms with Crippen LogP contribution in [0.3, 0.4) is 0 Å². The van der Waals surface area contributed by atoms with E-state index in [0.717, 1.165) is 89.9 Å². The first-order valence-electron chi connectivity index (χ1n) is 22.3. The zero-order valence-corrected chi connectivity index (χ0v) is 38.1. The van der Waals surface area contributed by atoms with E-state index in [2.05, 4.69) is 98.9 Å². The number of quaternary nitrogens is 1. The Morgan fingerprint density at radius 2 is 0.983 bits per heavy atom. The Bertz CT molecular complexity index is 1260. The fraction of sp³-hybridized carbons (Fsp3) is 0.667. The number of likely N-dealkylation sites (N-methyl/N-ethyl adjacent to an activating group) is 1. The van der Waals surface area contributed by atoms with Gasteiger partial charge in [0.2, 0.25) is 0 Å². The highest BCUT2D eigenvalue weighted by Crippen LogP contribution is 2.43. The van der Waals surface area contributed by atoms with E-state index in [0.29, 0.717) is 23.9 Å². The minimum atomic E-state index is -4.39. The first-order chi connectivity index (χ1) is 28.0. The van der Waals surface area contributed by atoms with Crippen molar-refractivity contribution in [1.82, 2.24) is 0 Å². The summed E-state index contributed by atoms with van der Waals surface area (Å²) >= 11 is 0. The molecule has 332 valence electrons. The average molecular weight is 833 g/mol. The predicted molar refractivity (Wildman–Crippen MR) is 242 cm³/mol.